The summed E-state index contributed by atoms with van der Waals surface area (Å²) < 4.78 is 5.34. The fourth-order valence-electron chi connectivity index (χ4n) is 1.73. The SMILES string of the molecule is CCCn1cncc1Cn1ccn(C)c1=O. The Balaban J connectivity index is 2.23. The minimum Gasteiger partial charge on any atom is -0.333 e. The summed E-state index contributed by atoms with van der Waals surface area (Å²) in [6.07, 6.45) is 8.25. The second kappa shape index (κ2) is 4.38. The molecule has 5 nitrogen and oxygen atoms in total. The number of nitrogens with zero attached hydrogens (tertiary/aromatic N) is 4. The van der Waals surface area contributed by atoms with Gasteiger partial charge in [-0.05, 0) is 6.42 Å². The standard InChI is InChI=1S/C11H16N4O/c1-3-4-15-9-12-7-10(15)8-14-6-5-13(2)11(14)16/h5-7,9H,3-4,8H2,1-2H3. The van der Waals surface area contributed by atoms with Crippen LogP contribution >= 0.6 is 0 Å². The summed E-state index contributed by atoms with van der Waals surface area (Å²) in [7, 11) is 1.75. The molecule has 2 aromatic heterocycles. The van der Waals surface area contributed by atoms with E-state index in [1.165, 1.54) is 0 Å². The van der Waals surface area contributed by atoms with Crippen LogP contribution in [0.15, 0.2) is 29.7 Å². The zero-order valence-electron chi connectivity index (χ0n) is 9.63. The van der Waals surface area contributed by atoms with Crippen LogP contribution in [0.25, 0.3) is 0 Å². The smallest absolute Gasteiger partial charge is 0.328 e. The quantitative estimate of drug-likeness (QED) is 0.766. The minimum absolute atomic E-state index is 0.00393. The van der Waals surface area contributed by atoms with Crippen LogP contribution in [0.5, 0.6) is 0 Å². The van der Waals surface area contributed by atoms with E-state index >= 15 is 0 Å². The fraction of sp³-hybridized carbons (Fsp3) is 0.455. The maximum atomic E-state index is 11.7. The summed E-state index contributed by atoms with van der Waals surface area (Å²) in [5.74, 6) is 0. The molecule has 0 aromatic carbocycles. The Labute approximate surface area is 94.0 Å². The average molecular weight is 220 g/mol. The number of imidazole rings is 2. The summed E-state index contributed by atoms with van der Waals surface area (Å²) in [5, 5.41) is 0. The van der Waals surface area contributed by atoms with E-state index in [9.17, 15) is 4.79 Å². The van der Waals surface area contributed by atoms with Crippen LogP contribution in [0.3, 0.4) is 0 Å². The molecule has 5 heteroatoms. The Bertz CT molecular complexity index is 520. The third-order valence-electron chi connectivity index (χ3n) is 2.61. The van der Waals surface area contributed by atoms with Gasteiger partial charge in [-0.15, -0.1) is 0 Å². The lowest BCUT2D eigenvalue weighted by Crippen LogP contribution is -2.23. The molecule has 0 amide bonds. The van der Waals surface area contributed by atoms with Crippen LogP contribution in [0, 0.1) is 0 Å². The lowest BCUT2D eigenvalue weighted by atomic mass is 10.4. The molecule has 0 aliphatic heterocycles. The first-order valence-electron chi connectivity index (χ1n) is 5.43. The van der Waals surface area contributed by atoms with Gasteiger partial charge in [0.05, 0.1) is 18.6 Å². The zero-order chi connectivity index (χ0) is 11.5. The monoisotopic (exact) mass is 220 g/mol. The van der Waals surface area contributed by atoms with Crippen molar-refractivity contribution >= 4 is 0 Å². The zero-order valence-corrected chi connectivity index (χ0v) is 9.63. The highest BCUT2D eigenvalue weighted by Gasteiger charge is 2.05. The molecule has 2 heterocycles. The van der Waals surface area contributed by atoms with Crippen molar-refractivity contribution in [3.8, 4) is 0 Å². The molecule has 0 spiro atoms. The van der Waals surface area contributed by atoms with Crippen molar-refractivity contribution in [2.24, 2.45) is 7.05 Å². The molecule has 2 aromatic rings. The third-order valence-corrected chi connectivity index (χ3v) is 2.61. The lowest BCUT2D eigenvalue weighted by Gasteiger charge is -2.06. The third kappa shape index (κ3) is 1.93. The van der Waals surface area contributed by atoms with Crippen LogP contribution in [0.1, 0.15) is 19.0 Å². The van der Waals surface area contributed by atoms with E-state index in [2.05, 4.69) is 16.5 Å². The van der Waals surface area contributed by atoms with Crippen molar-refractivity contribution in [3.63, 3.8) is 0 Å². The summed E-state index contributed by atoms with van der Waals surface area (Å²) >= 11 is 0. The van der Waals surface area contributed by atoms with Crippen molar-refractivity contribution in [3.05, 3.63) is 41.1 Å². The first-order valence-corrected chi connectivity index (χ1v) is 5.43. The maximum Gasteiger partial charge on any atom is 0.328 e. The number of rotatable bonds is 4. The largest absolute Gasteiger partial charge is 0.333 e. The molecule has 0 N–H and O–H groups in total. The average Bonchev–Trinajstić information content (AvgIpc) is 2.82. The van der Waals surface area contributed by atoms with Crippen LogP contribution in [0.4, 0.5) is 0 Å². The van der Waals surface area contributed by atoms with Gasteiger partial charge in [0.1, 0.15) is 0 Å². The molecule has 0 saturated carbocycles. The van der Waals surface area contributed by atoms with E-state index in [1.807, 2.05) is 12.5 Å². The molecule has 0 fully saturated rings. The molecule has 16 heavy (non-hydrogen) atoms. The van der Waals surface area contributed by atoms with Gasteiger partial charge in [0.25, 0.3) is 0 Å². The van der Waals surface area contributed by atoms with E-state index < -0.39 is 0 Å². The van der Waals surface area contributed by atoms with Crippen molar-refractivity contribution in [2.75, 3.05) is 0 Å². The number of aromatic nitrogens is 4. The minimum atomic E-state index is 0.00393. The first-order chi connectivity index (χ1) is 7.72. The highest BCUT2D eigenvalue weighted by Crippen LogP contribution is 2.02. The van der Waals surface area contributed by atoms with Gasteiger partial charge >= 0.3 is 5.69 Å². The molecular formula is C11H16N4O. The molecule has 0 aliphatic carbocycles. The van der Waals surface area contributed by atoms with Crippen LogP contribution < -0.4 is 5.69 Å². The van der Waals surface area contributed by atoms with Gasteiger partial charge in [-0.1, -0.05) is 6.92 Å². The molecule has 86 valence electrons. The highest BCUT2D eigenvalue weighted by molar-refractivity contribution is 5.00. The lowest BCUT2D eigenvalue weighted by molar-refractivity contribution is 0.612. The molecule has 0 radical (unpaired) electrons. The fourth-order valence-corrected chi connectivity index (χ4v) is 1.73. The molecule has 0 saturated heterocycles. The van der Waals surface area contributed by atoms with Crippen LogP contribution in [0.2, 0.25) is 0 Å². The summed E-state index contributed by atoms with van der Waals surface area (Å²) in [6, 6.07) is 0. The van der Waals surface area contributed by atoms with Gasteiger partial charge in [-0.2, -0.15) is 0 Å². The highest BCUT2D eigenvalue weighted by atomic mass is 16.1. The molecule has 0 atom stereocenters. The van der Waals surface area contributed by atoms with Crippen LogP contribution in [-0.2, 0) is 20.1 Å². The number of aryl methyl sites for hydroxylation is 2. The van der Waals surface area contributed by atoms with Gasteiger partial charge in [-0.3, -0.25) is 4.57 Å². The molecule has 2 rings (SSSR count). The Hall–Kier alpha value is -1.78. The summed E-state index contributed by atoms with van der Waals surface area (Å²) in [4.78, 5) is 15.8. The van der Waals surface area contributed by atoms with E-state index in [0.29, 0.717) is 6.54 Å². The maximum absolute atomic E-state index is 11.7. The predicted octanol–water partition coefficient (Wildman–Crippen LogP) is 0.842. The Morgan fingerprint density at radius 1 is 1.31 bits per heavy atom. The molecule has 0 bridgehead atoms. The van der Waals surface area contributed by atoms with Crippen molar-refractivity contribution in [1.82, 2.24) is 18.7 Å². The van der Waals surface area contributed by atoms with E-state index in [-0.39, 0.29) is 5.69 Å². The normalized spacial score (nSPS) is 10.9. The molecule has 0 unspecified atom stereocenters. The van der Waals surface area contributed by atoms with Crippen molar-refractivity contribution < 1.29 is 0 Å². The topological polar surface area (TPSA) is 44.8 Å². The van der Waals surface area contributed by atoms with Gasteiger partial charge < -0.3 is 9.13 Å². The van der Waals surface area contributed by atoms with Crippen molar-refractivity contribution in [2.45, 2.75) is 26.4 Å². The molecular weight excluding hydrogens is 204 g/mol. The second-order valence-electron chi connectivity index (χ2n) is 3.90. The van der Waals surface area contributed by atoms with Crippen LogP contribution in [-0.4, -0.2) is 18.7 Å². The van der Waals surface area contributed by atoms with Gasteiger partial charge in [0.15, 0.2) is 0 Å². The van der Waals surface area contributed by atoms with Gasteiger partial charge in [0.2, 0.25) is 0 Å². The summed E-state index contributed by atoms with van der Waals surface area (Å²) in [5.41, 5.74) is 1.07. The second-order valence-corrected chi connectivity index (χ2v) is 3.90. The Kier molecular flexibility index (Phi) is 2.94. The van der Waals surface area contributed by atoms with Crippen molar-refractivity contribution in [1.29, 1.82) is 0 Å². The van der Waals surface area contributed by atoms with Gasteiger partial charge in [-0.25, -0.2) is 9.78 Å². The van der Waals surface area contributed by atoms with E-state index in [4.69, 9.17) is 0 Å². The summed E-state index contributed by atoms with van der Waals surface area (Å²) in [6.45, 7) is 3.65. The Morgan fingerprint density at radius 2 is 2.12 bits per heavy atom. The molecule has 0 aliphatic rings. The predicted molar refractivity (Wildman–Crippen MR) is 61.3 cm³/mol. The number of hydrogen-bond acceptors (Lipinski definition) is 2. The van der Waals surface area contributed by atoms with E-state index in [1.54, 1.807) is 28.6 Å². The Morgan fingerprint density at radius 3 is 2.75 bits per heavy atom. The number of hydrogen-bond donors (Lipinski definition) is 0. The van der Waals surface area contributed by atoms with E-state index in [0.717, 1.165) is 18.7 Å². The first kappa shape index (κ1) is 10.7. The van der Waals surface area contributed by atoms with Gasteiger partial charge in [0, 0.05) is 32.2 Å².